The number of amides is 2. The van der Waals surface area contributed by atoms with E-state index in [0.29, 0.717) is 24.5 Å². The smallest absolute Gasteiger partial charge is 0.255 e. The monoisotopic (exact) mass is 536 g/mol. The summed E-state index contributed by atoms with van der Waals surface area (Å²) in [4.78, 5) is 42.8. The first kappa shape index (κ1) is 26.9. The molecule has 0 saturated carbocycles. The molecule has 0 bridgehead atoms. The summed E-state index contributed by atoms with van der Waals surface area (Å²) < 4.78 is 8.30. The molecular formula is C32H32N4O4. The third-order valence-electron chi connectivity index (χ3n) is 7.25. The van der Waals surface area contributed by atoms with E-state index in [1.807, 2.05) is 43.3 Å². The van der Waals surface area contributed by atoms with E-state index in [-0.39, 0.29) is 31.2 Å². The highest BCUT2D eigenvalue weighted by atomic mass is 16.5. The number of aromatic nitrogens is 2. The number of nitrogens with one attached hydrogen (secondary N) is 1. The maximum absolute atomic E-state index is 13.1. The molecule has 8 heteroatoms. The van der Waals surface area contributed by atoms with Crippen LogP contribution in [0.1, 0.15) is 45.7 Å². The minimum absolute atomic E-state index is 0.201. The van der Waals surface area contributed by atoms with Crippen molar-refractivity contribution >= 4 is 18.1 Å². The lowest BCUT2D eigenvalue weighted by molar-refractivity contribution is -0.125. The van der Waals surface area contributed by atoms with E-state index in [2.05, 4.69) is 40.3 Å². The Morgan fingerprint density at radius 2 is 1.80 bits per heavy atom. The summed E-state index contributed by atoms with van der Waals surface area (Å²) in [6.45, 7) is 3.33. The van der Waals surface area contributed by atoms with Gasteiger partial charge in [0, 0.05) is 42.9 Å². The standard InChI is InChI=1S/C32H32N4O4/c1-22-34-28(25-8-4-3-5-9-25)20-35(22)18-23-13-15-24(16-14-23)21-40-30-12-6-10-26-27(30)19-36(32(26)39)29(11-7-17-37)31(38)33-2/h3-6,8-10,12-17,20,29H,7,11,18-19,21H2,1-2H3,(H,33,38). The Morgan fingerprint density at radius 1 is 1.05 bits per heavy atom. The average molecular weight is 537 g/mol. The Hall–Kier alpha value is -4.72. The Kier molecular flexibility index (Phi) is 8.05. The van der Waals surface area contributed by atoms with E-state index in [4.69, 9.17) is 9.72 Å². The van der Waals surface area contributed by atoms with Gasteiger partial charge >= 0.3 is 0 Å². The van der Waals surface area contributed by atoms with E-state index in [9.17, 15) is 14.4 Å². The lowest BCUT2D eigenvalue weighted by Gasteiger charge is -2.25. The number of benzene rings is 3. The Labute approximate surface area is 233 Å². The molecule has 3 aromatic carbocycles. The van der Waals surface area contributed by atoms with Crippen molar-refractivity contribution in [1.82, 2.24) is 19.8 Å². The fraction of sp³-hybridized carbons (Fsp3) is 0.250. The average Bonchev–Trinajstić information content (AvgIpc) is 3.52. The maximum atomic E-state index is 13.1. The summed E-state index contributed by atoms with van der Waals surface area (Å²) in [5.74, 6) is 1.06. The fourth-order valence-electron chi connectivity index (χ4n) is 5.05. The number of aldehydes is 1. The van der Waals surface area contributed by atoms with E-state index in [1.165, 1.54) is 11.9 Å². The second kappa shape index (κ2) is 12.0. The number of hydrogen-bond acceptors (Lipinski definition) is 5. The van der Waals surface area contributed by atoms with Gasteiger partial charge in [-0.15, -0.1) is 0 Å². The molecule has 8 nitrogen and oxygen atoms in total. The van der Waals surface area contributed by atoms with Crippen molar-refractivity contribution < 1.29 is 19.1 Å². The van der Waals surface area contributed by atoms with Crippen LogP contribution in [0.2, 0.25) is 0 Å². The molecule has 204 valence electrons. The molecule has 1 N–H and O–H groups in total. The van der Waals surface area contributed by atoms with Crippen LogP contribution >= 0.6 is 0 Å². The summed E-state index contributed by atoms with van der Waals surface area (Å²) in [5.41, 5.74) is 5.50. The van der Waals surface area contributed by atoms with E-state index >= 15 is 0 Å². The summed E-state index contributed by atoms with van der Waals surface area (Å²) in [6, 6.07) is 23.1. The van der Waals surface area contributed by atoms with E-state index in [0.717, 1.165) is 40.1 Å². The van der Waals surface area contributed by atoms with Gasteiger partial charge in [-0.3, -0.25) is 9.59 Å². The van der Waals surface area contributed by atoms with Gasteiger partial charge in [-0.2, -0.15) is 0 Å². The zero-order valence-electron chi connectivity index (χ0n) is 22.7. The number of hydrogen-bond donors (Lipinski definition) is 1. The molecule has 1 aliphatic heterocycles. The van der Waals surface area contributed by atoms with Crippen LogP contribution in [0.4, 0.5) is 0 Å². The first-order chi connectivity index (χ1) is 19.5. The van der Waals surface area contributed by atoms with Gasteiger partial charge in [0.2, 0.25) is 5.91 Å². The number of rotatable bonds is 11. The highest BCUT2D eigenvalue weighted by molar-refractivity contribution is 6.01. The molecule has 4 aromatic rings. The van der Waals surface area contributed by atoms with Crippen molar-refractivity contribution in [3.8, 4) is 17.0 Å². The van der Waals surface area contributed by atoms with Crippen molar-refractivity contribution in [1.29, 1.82) is 0 Å². The third kappa shape index (κ3) is 5.66. The number of ether oxygens (including phenoxy) is 1. The van der Waals surface area contributed by atoms with Crippen LogP contribution in [0.15, 0.2) is 79.0 Å². The summed E-state index contributed by atoms with van der Waals surface area (Å²) in [7, 11) is 1.53. The van der Waals surface area contributed by atoms with Crippen molar-refractivity contribution in [3.05, 3.63) is 107 Å². The SMILES string of the molecule is CNC(=O)C(CCC=O)N1Cc2c(OCc3ccc(Cn4cc(-c5ccccc5)nc4C)cc3)cccc2C1=O. The first-order valence-corrected chi connectivity index (χ1v) is 13.4. The molecule has 0 aliphatic carbocycles. The van der Waals surface area contributed by atoms with Crippen LogP contribution in [-0.2, 0) is 29.3 Å². The van der Waals surface area contributed by atoms with Gasteiger partial charge in [0.25, 0.3) is 5.91 Å². The topological polar surface area (TPSA) is 93.5 Å². The lowest BCUT2D eigenvalue weighted by atomic mass is 10.1. The van der Waals surface area contributed by atoms with Crippen molar-refractivity contribution in [3.63, 3.8) is 0 Å². The molecule has 1 aliphatic rings. The van der Waals surface area contributed by atoms with Crippen LogP contribution < -0.4 is 10.1 Å². The molecule has 0 saturated heterocycles. The molecule has 5 rings (SSSR count). The third-order valence-corrected chi connectivity index (χ3v) is 7.25. The lowest BCUT2D eigenvalue weighted by Crippen LogP contribution is -2.46. The molecule has 1 unspecified atom stereocenters. The number of likely N-dealkylation sites (N-methyl/N-ethyl adjacent to an activating group) is 1. The quantitative estimate of drug-likeness (QED) is 0.284. The van der Waals surface area contributed by atoms with Gasteiger partial charge in [-0.25, -0.2) is 4.98 Å². The number of imidazole rings is 1. The normalized spacial score (nSPS) is 13.2. The van der Waals surface area contributed by atoms with Gasteiger partial charge in [0.15, 0.2) is 0 Å². The van der Waals surface area contributed by atoms with Gasteiger partial charge in [-0.05, 0) is 36.6 Å². The summed E-state index contributed by atoms with van der Waals surface area (Å²) >= 11 is 0. The van der Waals surface area contributed by atoms with Crippen LogP contribution in [0.3, 0.4) is 0 Å². The molecule has 40 heavy (non-hydrogen) atoms. The van der Waals surface area contributed by atoms with Crippen LogP contribution in [0, 0.1) is 6.92 Å². The fourth-order valence-corrected chi connectivity index (χ4v) is 5.05. The Balaban J connectivity index is 1.24. The first-order valence-electron chi connectivity index (χ1n) is 13.4. The Morgan fingerprint density at radius 3 is 2.52 bits per heavy atom. The van der Waals surface area contributed by atoms with Crippen LogP contribution in [0.25, 0.3) is 11.3 Å². The van der Waals surface area contributed by atoms with Crippen LogP contribution in [-0.4, -0.2) is 45.6 Å². The van der Waals surface area contributed by atoms with Gasteiger partial charge in [-0.1, -0.05) is 60.7 Å². The van der Waals surface area contributed by atoms with Crippen molar-refractivity contribution in [2.24, 2.45) is 0 Å². The zero-order chi connectivity index (χ0) is 28.1. The number of nitrogens with zero attached hydrogens (tertiary/aromatic N) is 3. The molecule has 2 heterocycles. The molecule has 0 radical (unpaired) electrons. The second-order valence-electron chi connectivity index (χ2n) is 9.86. The number of fused-ring (bicyclic) bond motifs is 1. The van der Waals surface area contributed by atoms with Crippen molar-refractivity contribution in [2.45, 2.75) is 45.5 Å². The van der Waals surface area contributed by atoms with E-state index < -0.39 is 6.04 Å². The second-order valence-corrected chi connectivity index (χ2v) is 9.86. The number of aryl methyl sites for hydroxylation is 1. The molecule has 2 amide bonds. The maximum Gasteiger partial charge on any atom is 0.255 e. The molecule has 0 spiro atoms. The highest BCUT2D eigenvalue weighted by Crippen LogP contribution is 2.33. The Bertz CT molecular complexity index is 1510. The zero-order valence-corrected chi connectivity index (χ0v) is 22.7. The van der Waals surface area contributed by atoms with Crippen molar-refractivity contribution in [2.75, 3.05) is 7.05 Å². The predicted octanol–water partition coefficient (Wildman–Crippen LogP) is 4.54. The van der Waals surface area contributed by atoms with Crippen LogP contribution in [0.5, 0.6) is 5.75 Å². The minimum atomic E-state index is -0.710. The summed E-state index contributed by atoms with van der Waals surface area (Å²) in [6.07, 6.45) is 3.32. The predicted molar refractivity (Wildman–Crippen MR) is 152 cm³/mol. The summed E-state index contributed by atoms with van der Waals surface area (Å²) in [5, 5.41) is 2.61. The van der Waals surface area contributed by atoms with Gasteiger partial charge in [0.05, 0.1) is 12.2 Å². The molecule has 1 aromatic heterocycles. The van der Waals surface area contributed by atoms with Gasteiger partial charge in [0.1, 0.15) is 30.5 Å². The molecule has 1 atom stereocenters. The van der Waals surface area contributed by atoms with Gasteiger partial charge < -0.3 is 24.3 Å². The van der Waals surface area contributed by atoms with E-state index in [1.54, 1.807) is 12.1 Å². The number of carbonyl (C=O) groups is 3. The molecule has 0 fully saturated rings. The highest BCUT2D eigenvalue weighted by Gasteiger charge is 2.37. The largest absolute Gasteiger partial charge is 0.489 e. The minimum Gasteiger partial charge on any atom is -0.489 e. The number of carbonyl (C=O) groups excluding carboxylic acids is 3. The molecular weight excluding hydrogens is 504 g/mol.